The second kappa shape index (κ2) is 9.72. The van der Waals surface area contributed by atoms with Crippen LogP contribution in [0.2, 0.25) is 5.02 Å². The molecule has 1 N–H and O–H groups in total. The van der Waals surface area contributed by atoms with Crippen molar-refractivity contribution in [2.24, 2.45) is 0 Å². The van der Waals surface area contributed by atoms with E-state index in [1.165, 1.54) is 38.5 Å². The normalized spacial score (nSPS) is 10.9. The Balaban J connectivity index is 2.00. The lowest BCUT2D eigenvalue weighted by Gasteiger charge is -2.25. The molecule has 3 aromatic rings. The van der Waals surface area contributed by atoms with Gasteiger partial charge in [0.05, 0.1) is 30.5 Å². The molecule has 0 aliphatic carbocycles. The van der Waals surface area contributed by atoms with E-state index in [-0.39, 0.29) is 10.6 Å². The van der Waals surface area contributed by atoms with Crippen LogP contribution in [0.5, 0.6) is 11.5 Å². The standard InChI is InChI=1S/C22H21ClN2O5S/c1-29-20-9-5-3-7-18(20)24-22(26)15-25(19-8-4-6-10-21(19)30-2)31(27,28)17-13-11-16(23)12-14-17/h3-14H,15H2,1-2H3,(H,24,26). The second-order valence-electron chi connectivity index (χ2n) is 6.39. The summed E-state index contributed by atoms with van der Waals surface area (Å²) in [4.78, 5) is 12.9. The molecule has 0 heterocycles. The number of hydrogen-bond donors (Lipinski definition) is 1. The van der Waals surface area contributed by atoms with Gasteiger partial charge < -0.3 is 14.8 Å². The molecule has 3 rings (SSSR count). The third-order valence-electron chi connectivity index (χ3n) is 4.42. The maximum Gasteiger partial charge on any atom is 0.264 e. The Bertz CT molecular complexity index is 1170. The summed E-state index contributed by atoms with van der Waals surface area (Å²) in [5.74, 6) is 0.221. The highest BCUT2D eigenvalue weighted by atomic mass is 35.5. The van der Waals surface area contributed by atoms with E-state index in [1.807, 2.05) is 0 Å². The van der Waals surface area contributed by atoms with Gasteiger partial charge in [0.15, 0.2) is 0 Å². The minimum atomic E-state index is -4.10. The lowest BCUT2D eigenvalue weighted by Crippen LogP contribution is -2.38. The summed E-state index contributed by atoms with van der Waals surface area (Å²) in [6.45, 7) is -0.483. The number of halogens is 1. The number of amides is 1. The van der Waals surface area contributed by atoms with E-state index < -0.39 is 22.5 Å². The van der Waals surface area contributed by atoms with Crippen LogP contribution < -0.4 is 19.1 Å². The molecule has 0 fully saturated rings. The van der Waals surface area contributed by atoms with Crippen molar-refractivity contribution in [3.8, 4) is 11.5 Å². The van der Waals surface area contributed by atoms with Gasteiger partial charge in [-0.15, -0.1) is 0 Å². The van der Waals surface area contributed by atoms with Gasteiger partial charge in [0.1, 0.15) is 18.0 Å². The molecule has 0 unspecified atom stereocenters. The topological polar surface area (TPSA) is 84.9 Å². The minimum Gasteiger partial charge on any atom is -0.495 e. The van der Waals surface area contributed by atoms with E-state index in [0.717, 1.165) is 4.31 Å². The van der Waals surface area contributed by atoms with Crippen molar-refractivity contribution in [1.29, 1.82) is 0 Å². The SMILES string of the molecule is COc1ccccc1NC(=O)CN(c1ccccc1OC)S(=O)(=O)c1ccc(Cl)cc1. The predicted molar refractivity (Wildman–Crippen MR) is 121 cm³/mol. The van der Waals surface area contributed by atoms with Crippen molar-refractivity contribution in [3.63, 3.8) is 0 Å². The summed E-state index contributed by atoms with van der Waals surface area (Å²) < 4.78 is 38.5. The van der Waals surface area contributed by atoms with Crippen LogP contribution in [0, 0.1) is 0 Å². The largest absolute Gasteiger partial charge is 0.495 e. The van der Waals surface area contributed by atoms with Crippen LogP contribution in [-0.4, -0.2) is 35.1 Å². The number of sulfonamides is 1. The molecule has 0 bridgehead atoms. The van der Waals surface area contributed by atoms with Gasteiger partial charge in [0.2, 0.25) is 5.91 Å². The molecule has 31 heavy (non-hydrogen) atoms. The number of carbonyl (C=O) groups excluding carboxylic acids is 1. The van der Waals surface area contributed by atoms with Crippen molar-refractivity contribution in [3.05, 3.63) is 77.8 Å². The van der Waals surface area contributed by atoms with Crippen molar-refractivity contribution >= 4 is 38.9 Å². The molecule has 7 nitrogen and oxygen atoms in total. The highest BCUT2D eigenvalue weighted by Gasteiger charge is 2.29. The molecule has 0 aliphatic heterocycles. The Hall–Kier alpha value is -3.23. The fraction of sp³-hybridized carbons (Fsp3) is 0.136. The molecular formula is C22H21ClN2O5S. The zero-order valence-corrected chi connectivity index (χ0v) is 18.5. The molecule has 3 aromatic carbocycles. The fourth-order valence-electron chi connectivity index (χ4n) is 2.94. The number of methoxy groups -OCH3 is 2. The average Bonchev–Trinajstić information content (AvgIpc) is 2.78. The van der Waals surface area contributed by atoms with Crippen LogP contribution in [0.3, 0.4) is 0 Å². The Morgan fingerprint density at radius 3 is 2.13 bits per heavy atom. The van der Waals surface area contributed by atoms with E-state index in [2.05, 4.69) is 5.32 Å². The van der Waals surface area contributed by atoms with Gasteiger partial charge >= 0.3 is 0 Å². The monoisotopic (exact) mass is 460 g/mol. The first-order chi connectivity index (χ1) is 14.9. The molecule has 162 valence electrons. The molecular weight excluding hydrogens is 440 g/mol. The van der Waals surface area contributed by atoms with Crippen molar-refractivity contribution in [1.82, 2.24) is 0 Å². The number of anilines is 2. The van der Waals surface area contributed by atoms with Crippen LogP contribution in [0.1, 0.15) is 0 Å². The molecule has 1 amide bonds. The van der Waals surface area contributed by atoms with Crippen LogP contribution in [0.15, 0.2) is 77.7 Å². The van der Waals surface area contributed by atoms with E-state index in [0.29, 0.717) is 22.2 Å². The number of benzene rings is 3. The highest BCUT2D eigenvalue weighted by molar-refractivity contribution is 7.92. The maximum atomic E-state index is 13.4. The number of hydrogen-bond acceptors (Lipinski definition) is 5. The van der Waals surface area contributed by atoms with Crippen LogP contribution in [0.25, 0.3) is 0 Å². The van der Waals surface area contributed by atoms with Crippen molar-refractivity contribution in [2.75, 3.05) is 30.4 Å². The average molecular weight is 461 g/mol. The first-order valence-corrected chi connectivity index (χ1v) is 11.0. The van der Waals surface area contributed by atoms with E-state index in [4.69, 9.17) is 21.1 Å². The van der Waals surface area contributed by atoms with Gasteiger partial charge in [0, 0.05) is 5.02 Å². The molecule has 0 radical (unpaired) electrons. The molecule has 9 heteroatoms. The number of para-hydroxylation sites is 4. The van der Waals surface area contributed by atoms with Gasteiger partial charge in [-0.2, -0.15) is 0 Å². The lowest BCUT2D eigenvalue weighted by atomic mass is 10.2. The summed E-state index contributed by atoms with van der Waals surface area (Å²) in [7, 11) is -1.19. The Morgan fingerprint density at radius 2 is 1.48 bits per heavy atom. The molecule has 0 aromatic heterocycles. The number of ether oxygens (including phenoxy) is 2. The van der Waals surface area contributed by atoms with Crippen LogP contribution >= 0.6 is 11.6 Å². The third kappa shape index (κ3) is 5.10. The maximum absolute atomic E-state index is 13.4. The summed E-state index contributed by atoms with van der Waals surface area (Å²) in [6, 6.07) is 19.2. The summed E-state index contributed by atoms with van der Waals surface area (Å²) in [5.41, 5.74) is 0.661. The quantitative estimate of drug-likeness (QED) is 0.544. The number of carbonyl (C=O) groups is 1. The van der Waals surface area contributed by atoms with E-state index in [1.54, 1.807) is 48.5 Å². The molecule has 0 saturated carbocycles. The lowest BCUT2D eigenvalue weighted by molar-refractivity contribution is -0.114. The first-order valence-electron chi connectivity index (χ1n) is 9.21. The second-order valence-corrected chi connectivity index (χ2v) is 8.68. The Labute approximate surface area is 186 Å². The number of nitrogens with one attached hydrogen (secondary N) is 1. The molecule has 0 saturated heterocycles. The van der Waals surface area contributed by atoms with Gasteiger partial charge in [0.25, 0.3) is 10.0 Å². The molecule has 0 atom stereocenters. The minimum absolute atomic E-state index is 0.00658. The third-order valence-corrected chi connectivity index (χ3v) is 6.45. The summed E-state index contributed by atoms with van der Waals surface area (Å²) in [5, 5.41) is 3.10. The van der Waals surface area contributed by atoms with E-state index >= 15 is 0 Å². The van der Waals surface area contributed by atoms with Crippen LogP contribution in [0.4, 0.5) is 11.4 Å². The molecule has 0 spiro atoms. The number of nitrogens with zero attached hydrogens (tertiary/aromatic N) is 1. The smallest absolute Gasteiger partial charge is 0.264 e. The summed E-state index contributed by atoms with van der Waals surface area (Å²) in [6.07, 6.45) is 0. The van der Waals surface area contributed by atoms with Crippen molar-refractivity contribution in [2.45, 2.75) is 4.90 Å². The van der Waals surface area contributed by atoms with Crippen molar-refractivity contribution < 1.29 is 22.7 Å². The van der Waals surface area contributed by atoms with Gasteiger partial charge in [-0.3, -0.25) is 9.10 Å². The zero-order valence-electron chi connectivity index (χ0n) is 16.9. The van der Waals surface area contributed by atoms with Gasteiger partial charge in [-0.05, 0) is 48.5 Å². The Morgan fingerprint density at radius 1 is 0.903 bits per heavy atom. The van der Waals surface area contributed by atoms with Crippen LogP contribution in [-0.2, 0) is 14.8 Å². The first kappa shape index (κ1) is 22.5. The highest BCUT2D eigenvalue weighted by Crippen LogP contribution is 2.32. The van der Waals surface area contributed by atoms with Gasteiger partial charge in [-0.1, -0.05) is 35.9 Å². The number of rotatable bonds is 8. The van der Waals surface area contributed by atoms with E-state index in [9.17, 15) is 13.2 Å². The van der Waals surface area contributed by atoms with Gasteiger partial charge in [-0.25, -0.2) is 8.42 Å². The predicted octanol–water partition coefficient (Wildman–Crippen LogP) is 4.19. The zero-order chi connectivity index (χ0) is 22.4. The molecule has 0 aliphatic rings. The fourth-order valence-corrected chi connectivity index (χ4v) is 4.49. The summed E-state index contributed by atoms with van der Waals surface area (Å²) >= 11 is 5.90. The Kier molecular flexibility index (Phi) is 7.04.